The summed E-state index contributed by atoms with van der Waals surface area (Å²) >= 11 is 0. The van der Waals surface area contributed by atoms with Crippen molar-refractivity contribution in [2.24, 2.45) is 0 Å². The maximum Gasteiger partial charge on any atom is 0.257 e. The summed E-state index contributed by atoms with van der Waals surface area (Å²) in [6.45, 7) is 3.70. The lowest BCUT2D eigenvalue weighted by Crippen LogP contribution is -2.15. The first-order valence-corrected chi connectivity index (χ1v) is 6.62. The van der Waals surface area contributed by atoms with E-state index in [1.54, 1.807) is 6.07 Å². The average Bonchev–Trinajstić information content (AvgIpc) is 2.85. The molecule has 1 aromatic heterocycles. The van der Waals surface area contributed by atoms with Gasteiger partial charge in [0.15, 0.2) is 0 Å². The highest BCUT2D eigenvalue weighted by Crippen LogP contribution is 2.51. The van der Waals surface area contributed by atoms with E-state index in [0.717, 1.165) is 23.3 Å². The Morgan fingerprint density at radius 2 is 2.05 bits per heavy atom. The van der Waals surface area contributed by atoms with Gasteiger partial charge in [-0.3, -0.25) is 4.79 Å². The van der Waals surface area contributed by atoms with E-state index in [1.807, 2.05) is 26.0 Å². The fourth-order valence-corrected chi connectivity index (χ4v) is 2.80. The van der Waals surface area contributed by atoms with Crippen molar-refractivity contribution in [1.29, 1.82) is 0 Å². The summed E-state index contributed by atoms with van der Waals surface area (Å²) in [7, 11) is 0. The van der Waals surface area contributed by atoms with Crippen LogP contribution in [-0.2, 0) is 4.79 Å². The van der Waals surface area contributed by atoms with Gasteiger partial charge in [0, 0.05) is 17.3 Å². The van der Waals surface area contributed by atoms with E-state index in [1.165, 1.54) is 16.7 Å². The lowest BCUT2D eigenvalue weighted by molar-refractivity contribution is -0.112. The zero-order valence-electron chi connectivity index (χ0n) is 11.3. The second-order valence-electron chi connectivity index (χ2n) is 5.30. The highest BCUT2D eigenvalue weighted by Gasteiger charge is 2.35. The molecule has 0 atom stereocenters. The van der Waals surface area contributed by atoms with Gasteiger partial charge in [0.2, 0.25) is 0 Å². The second kappa shape index (κ2) is 3.76. The summed E-state index contributed by atoms with van der Waals surface area (Å²) < 4.78 is 0. The van der Waals surface area contributed by atoms with Gasteiger partial charge in [-0.05, 0) is 54.7 Å². The number of carbonyl (C=O) groups excluding carboxylic acids is 1. The summed E-state index contributed by atoms with van der Waals surface area (Å²) in [5, 5.41) is 2.86. The molecule has 0 spiro atoms. The van der Waals surface area contributed by atoms with Gasteiger partial charge in [-0.15, -0.1) is 0 Å². The van der Waals surface area contributed by atoms with E-state index < -0.39 is 0 Å². The van der Waals surface area contributed by atoms with Crippen molar-refractivity contribution in [2.75, 3.05) is 5.32 Å². The highest BCUT2D eigenvalue weighted by atomic mass is 16.1. The summed E-state index contributed by atoms with van der Waals surface area (Å²) in [5.41, 5.74) is 6.62. The highest BCUT2D eigenvalue weighted by molar-refractivity contribution is 6.08. The first kappa shape index (κ1) is 11.3. The van der Waals surface area contributed by atoms with Crippen molar-refractivity contribution < 1.29 is 4.79 Å². The zero-order chi connectivity index (χ0) is 13.9. The monoisotopic (exact) mass is 263 g/mol. The van der Waals surface area contributed by atoms with E-state index >= 15 is 0 Å². The van der Waals surface area contributed by atoms with Crippen LogP contribution in [0.5, 0.6) is 0 Å². The quantitative estimate of drug-likeness (QED) is 0.892. The molecular weight excluding hydrogens is 250 g/mol. The number of aromatic nitrogens is 2. The van der Waals surface area contributed by atoms with Crippen LogP contribution in [0.1, 0.15) is 17.9 Å². The summed E-state index contributed by atoms with van der Waals surface area (Å²) in [4.78, 5) is 20.8. The van der Waals surface area contributed by atoms with E-state index in [2.05, 4.69) is 21.4 Å². The van der Waals surface area contributed by atoms with Gasteiger partial charge >= 0.3 is 0 Å². The van der Waals surface area contributed by atoms with Crippen LogP contribution in [0.15, 0.2) is 52.2 Å². The Morgan fingerprint density at radius 3 is 2.85 bits per heavy atom. The smallest absolute Gasteiger partial charge is 0.257 e. The van der Waals surface area contributed by atoms with Crippen molar-refractivity contribution in [2.45, 2.75) is 20.3 Å². The number of allylic oxidation sites excluding steroid dienone is 6. The van der Waals surface area contributed by atoms with Gasteiger partial charge in [-0.1, -0.05) is 6.08 Å². The topological polar surface area (TPSA) is 54.9 Å². The standard InChI is InChI=1S/C16H13N3O/c1-8-5-15(18-9(2)17-8)19-16(20)12-4-3-11-13-6-10(13)7-14(11)12/h3-5,7H,6H2,1-2H3,(H,17,18,19,20). The minimum atomic E-state index is -0.109. The number of hydrogen-bond acceptors (Lipinski definition) is 3. The predicted octanol–water partition coefficient (Wildman–Crippen LogP) is 2.54. The van der Waals surface area contributed by atoms with Crippen molar-refractivity contribution in [3.05, 3.63) is 63.7 Å². The van der Waals surface area contributed by atoms with Crippen LogP contribution in [0.3, 0.4) is 0 Å². The maximum absolute atomic E-state index is 12.4. The molecule has 1 aromatic rings. The van der Waals surface area contributed by atoms with E-state index in [9.17, 15) is 4.79 Å². The van der Waals surface area contributed by atoms with Crippen LogP contribution in [0.25, 0.3) is 0 Å². The number of amides is 1. The minimum Gasteiger partial charge on any atom is -0.306 e. The Labute approximate surface area is 116 Å². The maximum atomic E-state index is 12.4. The molecule has 3 aliphatic carbocycles. The summed E-state index contributed by atoms with van der Waals surface area (Å²) in [5.74, 6) is 1.10. The molecule has 4 rings (SSSR count). The summed E-state index contributed by atoms with van der Waals surface area (Å²) in [6, 6.07) is 1.78. The van der Waals surface area contributed by atoms with Crippen molar-refractivity contribution in [3.63, 3.8) is 0 Å². The second-order valence-corrected chi connectivity index (χ2v) is 5.30. The van der Waals surface area contributed by atoms with Crippen LogP contribution in [0.2, 0.25) is 0 Å². The van der Waals surface area contributed by atoms with Crippen LogP contribution >= 0.6 is 0 Å². The molecule has 0 unspecified atom stereocenters. The number of rotatable bonds is 2. The molecule has 1 N–H and O–H groups in total. The molecule has 1 saturated carbocycles. The van der Waals surface area contributed by atoms with Crippen LogP contribution < -0.4 is 5.32 Å². The van der Waals surface area contributed by atoms with Gasteiger partial charge in [0.25, 0.3) is 5.91 Å². The first-order valence-electron chi connectivity index (χ1n) is 6.62. The van der Waals surface area contributed by atoms with Gasteiger partial charge < -0.3 is 5.32 Å². The SMILES string of the molecule is Cc1cc(NC(=O)C2=C3C=C4CC4=C3C=C2)nc(C)n1. The van der Waals surface area contributed by atoms with Gasteiger partial charge in [0.05, 0.1) is 0 Å². The number of carbonyl (C=O) groups is 1. The lowest BCUT2D eigenvalue weighted by Gasteiger charge is -2.07. The van der Waals surface area contributed by atoms with E-state index in [4.69, 9.17) is 0 Å². The Bertz CT molecular complexity index is 774. The van der Waals surface area contributed by atoms with Gasteiger partial charge in [-0.2, -0.15) is 0 Å². The van der Waals surface area contributed by atoms with Gasteiger partial charge in [-0.25, -0.2) is 9.97 Å². The molecule has 0 aromatic carbocycles. The number of nitrogens with one attached hydrogen (secondary N) is 1. The van der Waals surface area contributed by atoms with Crippen LogP contribution in [-0.4, -0.2) is 15.9 Å². The number of hydrogen-bond donors (Lipinski definition) is 1. The third kappa shape index (κ3) is 1.65. The van der Waals surface area contributed by atoms with Crippen LogP contribution in [0, 0.1) is 13.8 Å². The molecule has 20 heavy (non-hydrogen) atoms. The molecule has 98 valence electrons. The van der Waals surface area contributed by atoms with Crippen molar-refractivity contribution >= 4 is 11.7 Å². The zero-order valence-corrected chi connectivity index (χ0v) is 11.3. The van der Waals surface area contributed by atoms with Crippen molar-refractivity contribution in [3.8, 4) is 0 Å². The Balaban J connectivity index is 1.63. The normalized spacial score (nSPS) is 18.2. The van der Waals surface area contributed by atoms with Crippen molar-refractivity contribution in [1.82, 2.24) is 9.97 Å². The third-order valence-electron chi connectivity index (χ3n) is 3.72. The van der Waals surface area contributed by atoms with Crippen LogP contribution in [0.4, 0.5) is 5.82 Å². The number of aryl methyl sites for hydroxylation is 2. The molecule has 0 aliphatic heterocycles. The molecule has 0 radical (unpaired) electrons. The molecule has 0 bridgehead atoms. The molecule has 4 heteroatoms. The minimum absolute atomic E-state index is 0.109. The number of anilines is 1. The predicted molar refractivity (Wildman–Crippen MR) is 76.0 cm³/mol. The lowest BCUT2D eigenvalue weighted by atomic mass is 10.1. The molecule has 0 saturated heterocycles. The number of nitrogens with zero attached hydrogens (tertiary/aromatic N) is 2. The molecule has 1 fully saturated rings. The third-order valence-corrected chi connectivity index (χ3v) is 3.72. The molecule has 3 aliphatic rings. The van der Waals surface area contributed by atoms with E-state index in [-0.39, 0.29) is 5.91 Å². The number of fused-ring (bicyclic) bond motifs is 2. The first-order chi connectivity index (χ1) is 9.61. The molecule has 4 nitrogen and oxygen atoms in total. The fourth-order valence-electron chi connectivity index (χ4n) is 2.80. The Kier molecular flexibility index (Phi) is 2.13. The fraction of sp³-hybridized carbons (Fsp3) is 0.188. The Hall–Kier alpha value is -2.49. The molecular formula is C16H13N3O. The molecule has 1 amide bonds. The molecule has 1 heterocycles. The van der Waals surface area contributed by atoms with Gasteiger partial charge in [0.1, 0.15) is 11.6 Å². The average molecular weight is 263 g/mol. The summed E-state index contributed by atoms with van der Waals surface area (Å²) in [6.07, 6.45) is 7.13. The Morgan fingerprint density at radius 1 is 1.20 bits per heavy atom. The van der Waals surface area contributed by atoms with E-state index in [0.29, 0.717) is 11.6 Å². The largest absolute Gasteiger partial charge is 0.306 e.